The van der Waals surface area contributed by atoms with Crippen LogP contribution < -0.4 is 5.73 Å². The maximum absolute atomic E-state index is 12.2. The fourth-order valence-corrected chi connectivity index (χ4v) is 4.89. The summed E-state index contributed by atoms with van der Waals surface area (Å²) >= 11 is 1.72. The molecule has 1 aliphatic carbocycles. The van der Waals surface area contributed by atoms with Crippen molar-refractivity contribution in [2.75, 3.05) is 18.8 Å². The highest BCUT2D eigenvalue weighted by molar-refractivity contribution is 7.15. The van der Waals surface area contributed by atoms with Crippen LogP contribution in [0, 0.1) is 0 Å². The van der Waals surface area contributed by atoms with Crippen molar-refractivity contribution in [1.29, 1.82) is 0 Å². The van der Waals surface area contributed by atoms with Crippen molar-refractivity contribution in [3.8, 4) is 10.6 Å². The van der Waals surface area contributed by atoms with Crippen LogP contribution in [0.3, 0.4) is 0 Å². The lowest BCUT2D eigenvalue weighted by Crippen LogP contribution is -2.41. The third kappa shape index (κ3) is 3.76. The number of aromatic nitrogens is 3. The number of fused-ring (bicyclic) bond motifs is 3. The smallest absolute Gasteiger partial charge is 0.410 e. The van der Waals surface area contributed by atoms with Gasteiger partial charge in [-0.25, -0.2) is 19.7 Å². The molecule has 1 amide bonds. The van der Waals surface area contributed by atoms with Crippen molar-refractivity contribution in [2.45, 2.75) is 58.0 Å². The predicted molar refractivity (Wildman–Crippen MR) is 105 cm³/mol. The second-order valence-corrected chi connectivity index (χ2v) is 9.20. The molecule has 0 unspecified atom stereocenters. The summed E-state index contributed by atoms with van der Waals surface area (Å²) in [4.78, 5) is 28.7. The molecule has 144 valence electrons. The van der Waals surface area contributed by atoms with E-state index in [2.05, 4.69) is 9.97 Å². The van der Waals surface area contributed by atoms with E-state index in [9.17, 15) is 4.79 Å². The lowest BCUT2D eigenvalue weighted by atomic mass is 9.97. The zero-order valence-electron chi connectivity index (χ0n) is 16.0. The van der Waals surface area contributed by atoms with Crippen LogP contribution in [-0.2, 0) is 17.6 Å². The summed E-state index contributed by atoms with van der Waals surface area (Å²) in [7, 11) is 0. The van der Waals surface area contributed by atoms with Gasteiger partial charge in [-0.15, -0.1) is 11.3 Å². The topological polar surface area (TPSA) is 94.2 Å². The Labute approximate surface area is 163 Å². The van der Waals surface area contributed by atoms with Crippen LogP contribution in [0.25, 0.3) is 10.6 Å². The fourth-order valence-electron chi connectivity index (χ4n) is 3.59. The van der Waals surface area contributed by atoms with Crippen LogP contribution in [0.2, 0.25) is 0 Å². The molecule has 1 saturated heterocycles. The van der Waals surface area contributed by atoms with E-state index in [0.29, 0.717) is 25.0 Å². The van der Waals surface area contributed by atoms with E-state index in [0.717, 1.165) is 52.5 Å². The Bertz CT molecular complexity index is 865. The summed E-state index contributed by atoms with van der Waals surface area (Å²) in [5.41, 5.74) is 8.54. The minimum absolute atomic E-state index is 0.222. The number of hydrogen-bond acceptors (Lipinski definition) is 7. The normalized spacial score (nSPS) is 17.4. The van der Waals surface area contributed by atoms with Crippen molar-refractivity contribution >= 4 is 23.4 Å². The number of hydrogen-bond donors (Lipinski definition) is 1. The van der Waals surface area contributed by atoms with Gasteiger partial charge in [-0.2, -0.15) is 0 Å². The molecule has 0 atom stereocenters. The molecule has 3 heterocycles. The zero-order valence-corrected chi connectivity index (χ0v) is 16.8. The molecule has 27 heavy (non-hydrogen) atoms. The number of nitrogens with zero attached hydrogens (tertiary/aromatic N) is 4. The lowest BCUT2D eigenvalue weighted by Gasteiger charge is -2.32. The van der Waals surface area contributed by atoms with E-state index >= 15 is 0 Å². The number of anilines is 1. The molecule has 7 nitrogen and oxygen atoms in total. The van der Waals surface area contributed by atoms with Crippen LogP contribution in [0.5, 0.6) is 0 Å². The summed E-state index contributed by atoms with van der Waals surface area (Å²) in [5.74, 6) is 0.684. The molecule has 2 N–H and O–H groups in total. The minimum atomic E-state index is -0.459. The molecule has 0 radical (unpaired) electrons. The number of piperidine rings is 1. The second-order valence-electron chi connectivity index (χ2n) is 8.17. The number of aryl methyl sites for hydroxylation is 2. The average Bonchev–Trinajstić information content (AvgIpc) is 3.05. The number of amides is 1. The van der Waals surface area contributed by atoms with Crippen molar-refractivity contribution in [2.24, 2.45) is 0 Å². The van der Waals surface area contributed by atoms with Gasteiger partial charge in [0.15, 0.2) is 0 Å². The summed E-state index contributed by atoms with van der Waals surface area (Å²) in [5, 5.41) is 1.15. The van der Waals surface area contributed by atoms with E-state index in [-0.39, 0.29) is 6.09 Å². The quantitative estimate of drug-likeness (QED) is 0.806. The van der Waals surface area contributed by atoms with Gasteiger partial charge < -0.3 is 15.4 Å². The number of thiazole rings is 1. The fraction of sp³-hybridized carbons (Fsp3) is 0.579. The maximum atomic E-state index is 12.2. The van der Waals surface area contributed by atoms with Crippen LogP contribution in [0.4, 0.5) is 10.7 Å². The molecule has 0 aromatic carbocycles. The molecule has 2 aromatic rings. The van der Waals surface area contributed by atoms with E-state index in [4.69, 9.17) is 15.5 Å². The first-order valence-corrected chi connectivity index (χ1v) is 10.2. The van der Waals surface area contributed by atoms with Crippen molar-refractivity contribution in [3.63, 3.8) is 0 Å². The maximum Gasteiger partial charge on any atom is 0.410 e. The van der Waals surface area contributed by atoms with Crippen molar-refractivity contribution < 1.29 is 9.53 Å². The van der Waals surface area contributed by atoms with Crippen LogP contribution in [-0.4, -0.2) is 44.6 Å². The zero-order chi connectivity index (χ0) is 19.2. The van der Waals surface area contributed by atoms with E-state index in [1.54, 1.807) is 16.2 Å². The molecule has 0 saturated carbocycles. The monoisotopic (exact) mass is 387 g/mol. The Morgan fingerprint density at radius 3 is 2.70 bits per heavy atom. The Balaban J connectivity index is 1.47. The third-order valence-corrected chi connectivity index (χ3v) is 6.21. The number of carbonyl (C=O) groups is 1. The molecule has 1 fully saturated rings. The van der Waals surface area contributed by atoms with Gasteiger partial charge in [0.25, 0.3) is 0 Å². The first kappa shape index (κ1) is 18.2. The summed E-state index contributed by atoms with van der Waals surface area (Å²) in [6.07, 6.45) is 5.25. The second kappa shape index (κ2) is 6.74. The molecule has 2 aliphatic rings. The van der Waals surface area contributed by atoms with E-state index in [1.165, 1.54) is 0 Å². The number of carbonyl (C=O) groups excluding carboxylic acids is 1. The van der Waals surface area contributed by atoms with E-state index < -0.39 is 5.60 Å². The average molecular weight is 388 g/mol. The van der Waals surface area contributed by atoms with Gasteiger partial charge in [-0.05, 0) is 52.0 Å². The number of rotatable bonds is 1. The highest BCUT2D eigenvalue weighted by Gasteiger charge is 2.31. The summed E-state index contributed by atoms with van der Waals surface area (Å²) in [6, 6.07) is 0. The Kier molecular flexibility index (Phi) is 4.53. The van der Waals surface area contributed by atoms with Crippen LogP contribution >= 0.6 is 11.3 Å². The van der Waals surface area contributed by atoms with Gasteiger partial charge in [0, 0.05) is 25.2 Å². The number of ether oxygens (including phenoxy) is 1. The SMILES string of the molecule is CC(C)(C)OC(=O)N1CCC(c2nc3c(s2)-c2nc(N)ncc2CC3)CC1. The molecule has 8 heteroatoms. The van der Waals surface area contributed by atoms with Crippen molar-refractivity contribution in [3.05, 3.63) is 22.5 Å². The molecular formula is C19H25N5O2S. The van der Waals surface area contributed by atoms with Gasteiger partial charge >= 0.3 is 6.09 Å². The highest BCUT2D eigenvalue weighted by atomic mass is 32.1. The minimum Gasteiger partial charge on any atom is -0.444 e. The summed E-state index contributed by atoms with van der Waals surface area (Å²) < 4.78 is 5.48. The molecule has 0 bridgehead atoms. The predicted octanol–water partition coefficient (Wildman–Crippen LogP) is 3.40. The van der Waals surface area contributed by atoms with Gasteiger partial charge in [0.1, 0.15) is 5.60 Å². The standard InChI is InChI=1S/C19H25N5O2S/c1-19(2,3)26-18(25)24-8-6-11(7-9-24)16-22-13-5-4-12-10-21-17(20)23-14(12)15(13)27-16/h10-11H,4-9H2,1-3H3,(H2,20,21,23). The first-order chi connectivity index (χ1) is 12.8. The number of nitrogen functional groups attached to an aromatic ring is 1. The van der Waals surface area contributed by atoms with Gasteiger partial charge in [-0.1, -0.05) is 0 Å². The van der Waals surface area contributed by atoms with Gasteiger partial charge in [-0.3, -0.25) is 0 Å². The van der Waals surface area contributed by atoms with Crippen molar-refractivity contribution in [1.82, 2.24) is 19.9 Å². The lowest BCUT2D eigenvalue weighted by molar-refractivity contribution is 0.0205. The molecular weight excluding hydrogens is 362 g/mol. The van der Waals surface area contributed by atoms with E-state index in [1.807, 2.05) is 27.0 Å². The third-order valence-electron chi connectivity index (χ3n) is 4.94. The number of nitrogens with two attached hydrogens (primary N) is 1. The molecule has 1 aliphatic heterocycles. The highest BCUT2D eigenvalue weighted by Crippen LogP contribution is 2.40. The Hall–Kier alpha value is -2.22. The molecule has 4 rings (SSSR count). The Morgan fingerprint density at radius 2 is 2.00 bits per heavy atom. The van der Waals surface area contributed by atoms with Crippen LogP contribution in [0.1, 0.15) is 55.8 Å². The Morgan fingerprint density at radius 1 is 1.26 bits per heavy atom. The van der Waals surface area contributed by atoms with Crippen LogP contribution in [0.15, 0.2) is 6.20 Å². The summed E-state index contributed by atoms with van der Waals surface area (Å²) in [6.45, 7) is 7.09. The molecule has 2 aromatic heterocycles. The van der Waals surface area contributed by atoms with Gasteiger partial charge in [0.05, 0.1) is 21.3 Å². The van der Waals surface area contributed by atoms with Gasteiger partial charge in [0.2, 0.25) is 5.95 Å². The molecule has 0 spiro atoms. The largest absolute Gasteiger partial charge is 0.444 e. The number of likely N-dealkylation sites (tertiary alicyclic amines) is 1. The first-order valence-electron chi connectivity index (χ1n) is 9.39.